The fraction of sp³-hybridized carbons (Fsp3) is 0.154. The number of hydrogen-bond donors (Lipinski definition) is 3. The van der Waals surface area contributed by atoms with Crippen LogP contribution in [-0.2, 0) is 0 Å². The van der Waals surface area contributed by atoms with Gasteiger partial charge in [0.15, 0.2) is 0 Å². The summed E-state index contributed by atoms with van der Waals surface area (Å²) in [5, 5.41) is 2.83. The van der Waals surface area contributed by atoms with Gasteiger partial charge < -0.3 is 10.7 Å². The van der Waals surface area contributed by atoms with Crippen LogP contribution in [0, 0.1) is 0 Å². The summed E-state index contributed by atoms with van der Waals surface area (Å²) in [7, 11) is 0. The molecule has 2 aromatic rings. The summed E-state index contributed by atoms with van der Waals surface area (Å²) in [4.78, 5) is 20.2. The predicted octanol–water partition coefficient (Wildman–Crippen LogP) is 1.25. The molecule has 2 rings (SSSR count). The quantitative estimate of drug-likeness (QED) is 0.566. The highest BCUT2D eigenvalue weighted by Gasteiger charge is 2.12. The molecule has 0 spiro atoms. The van der Waals surface area contributed by atoms with Crippen molar-refractivity contribution in [2.24, 2.45) is 5.84 Å². The summed E-state index contributed by atoms with van der Waals surface area (Å²) >= 11 is 0. The molecule has 4 N–H and O–H groups in total. The summed E-state index contributed by atoms with van der Waals surface area (Å²) in [6.07, 6.45) is 3.19. The third kappa shape index (κ3) is 3.26. The Balaban J connectivity index is 2.04. The van der Waals surface area contributed by atoms with Crippen LogP contribution in [0.15, 0.2) is 42.7 Å². The molecule has 1 unspecified atom stereocenters. The predicted molar refractivity (Wildman–Crippen MR) is 72.2 cm³/mol. The minimum atomic E-state index is -0.248. The normalized spacial score (nSPS) is 11.7. The average molecular weight is 257 g/mol. The van der Waals surface area contributed by atoms with Gasteiger partial charge in [0.1, 0.15) is 5.69 Å². The monoisotopic (exact) mass is 257 g/mol. The average Bonchev–Trinajstić information content (AvgIpc) is 2.48. The van der Waals surface area contributed by atoms with Crippen LogP contribution in [0.25, 0.3) is 0 Å². The van der Waals surface area contributed by atoms with Crippen LogP contribution in [0.2, 0.25) is 0 Å². The molecule has 0 saturated heterocycles. The highest BCUT2D eigenvalue weighted by Crippen LogP contribution is 2.10. The second kappa shape index (κ2) is 5.92. The molecule has 2 aromatic heterocycles. The lowest BCUT2D eigenvalue weighted by Crippen LogP contribution is -2.27. The first kappa shape index (κ1) is 13.0. The number of nitrogens with two attached hydrogens (primary N) is 1. The molecule has 1 amide bonds. The van der Waals surface area contributed by atoms with Crippen molar-refractivity contribution >= 4 is 11.6 Å². The van der Waals surface area contributed by atoms with Gasteiger partial charge in [-0.05, 0) is 31.2 Å². The molecule has 19 heavy (non-hydrogen) atoms. The molecule has 0 aliphatic heterocycles. The highest BCUT2D eigenvalue weighted by atomic mass is 16.1. The Labute approximate surface area is 111 Å². The second-order valence-electron chi connectivity index (χ2n) is 4.03. The SMILES string of the molecule is CC(NC(=O)c1ccc(NN)cn1)c1ccccn1. The molecule has 2 heterocycles. The zero-order valence-corrected chi connectivity index (χ0v) is 10.5. The molecule has 0 aliphatic carbocycles. The van der Waals surface area contributed by atoms with Gasteiger partial charge in [-0.15, -0.1) is 0 Å². The van der Waals surface area contributed by atoms with E-state index in [2.05, 4.69) is 20.7 Å². The summed E-state index contributed by atoms with van der Waals surface area (Å²) in [5.74, 6) is 4.99. The number of hydrazine groups is 1. The van der Waals surface area contributed by atoms with Crippen LogP contribution in [0.4, 0.5) is 5.69 Å². The standard InChI is InChI=1S/C13H15N5O/c1-9(11-4-2-3-7-15-11)17-13(19)12-6-5-10(18-14)8-16-12/h2-9,18H,14H2,1H3,(H,17,19). The van der Waals surface area contributed by atoms with Crippen molar-refractivity contribution in [1.82, 2.24) is 15.3 Å². The van der Waals surface area contributed by atoms with E-state index in [1.807, 2.05) is 25.1 Å². The highest BCUT2D eigenvalue weighted by molar-refractivity contribution is 5.92. The summed E-state index contributed by atoms with van der Waals surface area (Å²) in [5.41, 5.74) is 4.24. The minimum absolute atomic E-state index is 0.178. The minimum Gasteiger partial charge on any atom is -0.343 e. The van der Waals surface area contributed by atoms with Crippen molar-refractivity contribution in [3.63, 3.8) is 0 Å². The maximum absolute atomic E-state index is 12.0. The van der Waals surface area contributed by atoms with E-state index in [0.29, 0.717) is 11.4 Å². The molecule has 0 fully saturated rings. The number of pyridine rings is 2. The molecule has 0 aromatic carbocycles. The van der Waals surface area contributed by atoms with E-state index in [0.717, 1.165) is 5.69 Å². The summed E-state index contributed by atoms with van der Waals surface area (Å²) < 4.78 is 0. The van der Waals surface area contributed by atoms with E-state index in [1.54, 1.807) is 18.3 Å². The van der Waals surface area contributed by atoms with Gasteiger partial charge in [0.2, 0.25) is 0 Å². The molecular weight excluding hydrogens is 242 g/mol. The zero-order chi connectivity index (χ0) is 13.7. The molecule has 98 valence electrons. The Morgan fingerprint density at radius 1 is 1.26 bits per heavy atom. The number of aromatic nitrogens is 2. The van der Waals surface area contributed by atoms with Crippen LogP contribution < -0.4 is 16.6 Å². The fourth-order valence-corrected chi connectivity index (χ4v) is 1.59. The van der Waals surface area contributed by atoms with Crippen LogP contribution in [0.5, 0.6) is 0 Å². The van der Waals surface area contributed by atoms with Crippen molar-refractivity contribution < 1.29 is 4.79 Å². The molecule has 1 atom stereocenters. The van der Waals surface area contributed by atoms with Crippen molar-refractivity contribution in [3.8, 4) is 0 Å². The van der Waals surface area contributed by atoms with E-state index < -0.39 is 0 Å². The van der Waals surface area contributed by atoms with E-state index >= 15 is 0 Å². The van der Waals surface area contributed by atoms with Gasteiger partial charge in [0, 0.05) is 6.20 Å². The topological polar surface area (TPSA) is 92.9 Å². The Hall–Kier alpha value is -2.47. The van der Waals surface area contributed by atoms with Crippen LogP contribution >= 0.6 is 0 Å². The van der Waals surface area contributed by atoms with E-state index in [9.17, 15) is 4.79 Å². The van der Waals surface area contributed by atoms with Crippen molar-refractivity contribution in [1.29, 1.82) is 0 Å². The lowest BCUT2D eigenvalue weighted by molar-refractivity contribution is 0.0934. The van der Waals surface area contributed by atoms with Crippen LogP contribution in [0.3, 0.4) is 0 Å². The van der Waals surface area contributed by atoms with Gasteiger partial charge in [0.05, 0.1) is 23.6 Å². The molecule has 6 nitrogen and oxygen atoms in total. The number of carbonyl (C=O) groups excluding carboxylic acids is 1. The van der Waals surface area contributed by atoms with Crippen LogP contribution in [0.1, 0.15) is 29.1 Å². The molecule has 0 bridgehead atoms. The molecule has 0 saturated carbocycles. The van der Waals surface area contributed by atoms with E-state index in [4.69, 9.17) is 5.84 Å². The Kier molecular flexibility index (Phi) is 4.04. The first-order valence-electron chi connectivity index (χ1n) is 5.85. The Bertz CT molecular complexity index is 541. The number of nitrogens with zero attached hydrogens (tertiary/aromatic N) is 2. The largest absolute Gasteiger partial charge is 0.343 e. The van der Waals surface area contributed by atoms with Gasteiger partial charge in [-0.25, -0.2) is 4.98 Å². The Morgan fingerprint density at radius 3 is 2.68 bits per heavy atom. The van der Waals surface area contributed by atoms with Gasteiger partial charge in [-0.1, -0.05) is 6.07 Å². The molecular formula is C13H15N5O. The number of nitrogen functional groups attached to an aromatic ring is 1. The van der Waals surface area contributed by atoms with Gasteiger partial charge >= 0.3 is 0 Å². The number of rotatable bonds is 4. The van der Waals surface area contributed by atoms with E-state index in [-0.39, 0.29) is 11.9 Å². The van der Waals surface area contributed by atoms with Crippen molar-refractivity contribution in [3.05, 3.63) is 54.1 Å². The molecule has 6 heteroatoms. The Morgan fingerprint density at radius 2 is 2.11 bits per heavy atom. The number of hydrogen-bond acceptors (Lipinski definition) is 5. The van der Waals surface area contributed by atoms with Gasteiger partial charge in [0.25, 0.3) is 5.91 Å². The lowest BCUT2D eigenvalue weighted by Gasteiger charge is -2.12. The lowest BCUT2D eigenvalue weighted by atomic mass is 10.2. The maximum Gasteiger partial charge on any atom is 0.270 e. The number of nitrogens with one attached hydrogen (secondary N) is 2. The molecule has 0 radical (unpaired) electrons. The maximum atomic E-state index is 12.0. The smallest absolute Gasteiger partial charge is 0.270 e. The van der Waals surface area contributed by atoms with E-state index in [1.165, 1.54) is 6.20 Å². The third-order valence-electron chi connectivity index (χ3n) is 2.64. The fourth-order valence-electron chi connectivity index (χ4n) is 1.59. The van der Waals surface area contributed by atoms with Gasteiger partial charge in [-0.2, -0.15) is 0 Å². The first-order valence-corrected chi connectivity index (χ1v) is 5.85. The zero-order valence-electron chi connectivity index (χ0n) is 10.5. The van der Waals surface area contributed by atoms with Crippen LogP contribution in [-0.4, -0.2) is 15.9 Å². The number of amides is 1. The second-order valence-corrected chi connectivity index (χ2v) is 4.03. The summed E-state index contributed by atoms with van der Waals surface area (Å²) in [6.45, 7) is 1.87. The van der Waals surface area contributed by atoms with Crippen molar-refractivity contribution in [2.45, 2.75) is 13.0 Å². The number of anilines is 1. The van der Waals surface area contributed by atoms with Gasteiger partial charge in [-0.3, -0.25) is 15.6 Å². The number of carbonyl (C=O) groups is 1. The first-order chi connectivity index (χ1) is 9.20. The third-order valence-corrected chi connectivity index (χ3v) is 2.64. The molecule has 0 aliphatic rings. The van der Waals surface area contributed by atoms with Crippen molar-refractivity contribution in [2.75, 3.05) is 5.43 Å². The summed E-state index contributed by atoms with van der Waals surface area (Å²) in [6, 6.07) is 8.69.